The first-order valence-electron chi connectivity index (χ1n) is 3.58. The topological polar surface area (TPSA) is 29.5 Å². The number of ether oxygens (including phenoxy) is 1. The van der Waals surface area contributed by atoms with Gasteiger partial charge in [0.05, 0.1) is 6.42 Å². The van der Waals surface area contributed by atoms with Crippen LogP contribution in [-0.4, -0.2) is 43.9 Å². The van der Waals surface area contributed by atoms with E-state index >= 15 is 0 Å². The highest BCUT2D eigenvalue weighted by molar-refractivity contribution is 7.80. The van der Waals surface area contributed by atoms with Crippen LogP contribution in [0.1, 0.15) is 6.42 Å². The summed E-state index contributed by atoms with van der Waals surface area (Å²) in [7, 11) is 3.87. The minimum atomic E-state index is -0.165. The zero-order valence-electron chi connectivity index (χ0n) is 7.04. The van der Waals surface area contributed by atoms with Crippen LogP contribution in [0.4, 0.5) is 0 Å². The Morgan fingerprint density at radius 2 is 2.18 bits per heavy atom. The van der Waals surface area contributed by atoms with E-state index in [4.69, 9.17) is 4.74 Å². The summed E-state index contributed by atoms with van der Waals surface area (Å²) in [6, 6.07) is 0. The molecule has 0 aromatic heterocycles. The molecule has 0 aliphatic rings. The van der Waals surface area contributed by atoms with Crippen LogP contribution in [0.5, 0.6) is 0 Å². The molecule has 0 radical (unpaired) electrons. The third-order valence-electron chi connectivity index (χ3n) is 1.12. The monoisotopic (exact) mass is 177 g/mol. The Balaban J connectivity index is 3.17. The second-order valence-corrected chi connectivity index (χ2v) is 2.94. The molecule has 0 aliphatic carbocycles. The predicted octanol–water partition coefficient (Wildman–Crippen LogP) is 0.411. The van der Waals surface area contributed by atoms with Gasteiger partial charge in [0.1, 0.15) is 6.61 Å². The fourth-order valence-corrected chi connectivity index (χ4v) is 0.688. The molecule has 0 aromatic rings. The molecule has 0 aromatic carbocycles. The Morgan fingerprint density at radius 1 is 1.55 bits per heavy atom. The summed E-state index contributed by atoms with van der Waals surface area (Å²) in [6.07, 6.45) is 0.399. The lowest BCUT2D eigenvalue weighted by molar-refractivity contribution is -0.143. The summed E-state index contributed by atoms with van der Waals surface area (Å²) in [5.74, 6) is 0.391. The Kier molecular flexibility index (Phi) is 6.36. The summed E-state index contributed by atoms with van der Waals surface area (Å²) in [5, 5.41) is 0. The molecule has 0 atom stereocenters. The number of esters is 1. The standard InChI is InChI=1S/C7H15NO2S/c1-8(2)4-5-10-7(9)3-6-11/h11H,3-6H2,1-2H3. The SMILES string of the molecule is CN(C)CCOC(=O)CCS. The van der Waals surface area contributed by atoms with Crippen molar-refractivity contribution in [2.45, 2.75) is 6.42 Å². The van der Waals surface area contributed by atoms with E-state index in [-0.39, 0.29) is 5.97 Å². The van der Waals surface area contributed by atoms with E-state index < -0.39 is 0 Å². The molecule has 0 heterocycles. The van der Waals surface area contributed by atoms with Crippen molar-refractivity contribution >= 4 is 18.6 Å². The summed E-state index contributed by atoms with van der Waals surface area (Å²) in [5.41, 5.74) is 0. The molecule has 0 bridgehead atoms. The van der Waals surface area contributed by atoms with Gasteiger partial charge in [-0.1, -0.05) is 0 Å². The number of carbonyl (C=O) groups excluding carboxylic acids is 1. The van der Waals surface area contributed by atoms with Crippen molar-refractivity contribution in [3.8, 4) is 0 Å². The van der Waals surface area contributed by atoms with Gasteiger partial charge in [-0.05, 0) is 14.1 Å². The zero-order chi connectivity index (χ0) is 8.69. The molecular formula is C7H15NO2S. The predicted molar refractivity (Wildman–Crippen MR) is 48.0 cm³/mol. The number of carbonyl (C=O) groups is 1. The van der Waals surface area contributed by atoms with Crippen molar-refractivity contribution in [1.82, 2.24) is 4.90 Å². The van der Waals surface area contributed by atoms with Gasteiger partial charge in [0.25, 0.3) is 0 Å². The van der Waals surface area contributed by atoms with Crippen molar-refractivity contribution in [2.24, 2.45) is 0 Å². The first kappa shape index (κ1) is 10.8. The molecule has 0 saturated heterocycles. The molecule has 0 saturated carbocycles. The van der Waals surface area contributed by atoms with Crippen molar-refractivity contribution in [3.05, 3.63) is 0 Å². The van der Waals surface area contributed by atoms with Crippen LogP contribution in [0.25, 0.3) is 0 Å². The van der Waals surface area contributed by atoms with E-state index in [2.05, 4.69) is 12.6 Å². The molecule has 0 N–H and O–H groups in total. The van der Waals surface area contributed by atoms with Crippen LogP contribution in [0.15, 0.2) is 0 Å². The summed E-state index contributed by atoms with van der Waals surface area (Å²) >= 11 is 3.91. The molecule has 4 heteroatoms. The Morgan fingerprint density at radius 3 is 2.64 bits per heavy atom. The third kappa shape index (κ3) is 7.68. The molecule has 0 spiro atoms. The van der Waals surface area contributed by atoms with E-state index in [0.717, 1.165) is 6.54 Å². The molecule has 0 rings (SSSR count). The number of likely N-dealkylation sites (N-methyl/N-ethyl adjacent to an activating group) is 1. The van der Waals surface area contributed by atoms with Crippen LogP contribution < -0.4 is 0 Å². The summed E-state index contributed by atoms with van der Waals surface area (Å²) < 4.78 is 4.86. The maximum atomic E-state index is 10.7. The minimum Gasteiger partial charge on any atom is -0.464 e. The number of hydrogen-bond donors (Lipinski definition) is 1. The Labute approximate surface area is 73.1 Å². The molecule has 0 amide bonds. The largest absolute Gasteiger partial charge is 0.464 e. The highest BCUT2D eigenvalue weighted by Gasteiger charge is 1.99. The molecule has 66 valence electrons. The lowest BCUT2D eigenvalue weighted by Gasteiger charge is -2.09. The van der Waals surface area contributed by atoms with Gasteiger partial charge in [-0.3, -0.25) is 4.79 Å². The van der Waals surface area contributed by atoms with Gasteiger partial charge < -0.3 is 9.64 Å². The van der Waals surface area contributed by atoms with Crippen LogP contribution in [0.2, 0.25) is 0 Å². The summed E-state index contributed by atoms with van der Waals surface area (Å²) in [6.45, 7) is 1.25. The Bertz CT molecular complexity index is 117. The average Bonchev–Trinajstić information content (AvgIpc) is 1.87. The number of hydrogen-bond acceptors (Lipinski definition) is 4. The minimum absolute atomic E-state index is 0.165. The van der Waals surface area contributed by atoms with E-state index in [0.29, 0.717) is 18.8 Å². The van der Waals surface area contributed by atoms with E-state index in [1.807, 2.05) is 19.0 Å². The molecule has 0 unspecified atom stereocenters. The van der Waals surface area contributed by atoms with Crippen molar-refractivity contribution in [1.29, 1.82) is 0 Å². The first-order valence-corrected chi connectivity index (χ1v) is 4.21. The number of rotatable bonds is 5. The smallest absolute Gasteiger partial charge is 0.306 e. The van der Waals surface area contributed by atoms with Gasteiger partial charge in [-0.2, -0.15) is 12.6 Å². The van der Waals surface area contributed by atoms with Gasteiger partial charge in [-0.25, -0.2) is 0 Å². The van der Waals surface area contributed by atoms with Crippen LogP contribution in [0.3, 0.4) is 0 Å². The van der Waals surface area contributed by atoms with Gasteiger partial charge in [-0.15, -0.1) is 0 Å². The van der Waals surface area contributed by atoms with Crippen molar-refractivity contribution < 1.29 is 9.53 Å². The molecule has 3 nitrogen and oxygen atoms in total. The van der Waals surface area contributed by atoms with E-state index in [1.165, 1.54) is 0 Å². The summed E-state index contributed by atoms with van der Waals surface area (Å²) in [4.78, 5) is 12.7. The number of thiol groups is 1. The Hall–Kier alpha value is -0.220. The second kappa shape index (κ2) is 6.49. The molecule has 11 heavy (non-hydrogen) atoms. The molecule has 0 fully saturated rings. The lowest BCUT2D eigenvalue weighted by atomic mass is 10.5. The second-order valence-electron chi connectivity index (χ2n) is 2.50. The lowest BCUT2D eigenvalue weighted by Crippen LogP contribution is -2.20. The van der Waals surface area contributed by atoms with Crippen LogP contribution >= 0.6 is 12.6 Å². The third-order valence-corrected chi connectivity index (χ3v) is 1.34. The fourth-order valence-electron chi connectivity index (χ4n) is 0.506. The van der Waals surface area contributed by atoms with E-state index in [9.17, 15) is 4.79 Å². The maximum absolute atomic E-state index is 10.7. The first-order chi connectivity index (χ1) is 5.16. The van der Waals surface area contributed by atoms with E-state index in [1.54, 1.807) is 0 Å². The average molecular weight is 177 g/mol. The van der Waals surface area contributed by atoms with Gasteiger partial charge in [0, 0.05) is 12.3 Å². The molecular weight excluding hydrogens is 162 g/mol. The van der Waals surface area contributed by atoms with Crippen LogP contribution in [0, 0.1) is 0 Å². The van der Waals surface area contributed by atoms with Gasteiger partial charge in [0.2, 0.25) is 0 Å². The zero-order valence-corrected chi connectivity index (χ0v) is 7.93. The normalized spacial score (nSPS) is 10.2. The number of nitrogens with zero attached hydrogens (tertiary/aromatic N) is 1. The quantitative estimate of drug-likeness (QED) is 0.487. The fraction of sp³-hybridized carbons (Fsp3) is 0.857. The van der Waals surface area contributed by atoms with Gasteiger partial charge in [0.15, 0.2) is 0 Å². The maximum Gasteiger partial charge on any atom is 0.306 e. The van der Waals surface area contributed by atoms with Crippen molar-refractivity contribution in [3.63, 3.8) is 0 Å². The van der Waals surface area contributed by atoms with Gasteiger partial charge >= 0.3 is 5.97 Å². The highest BCUT2D eigenvalue weighted by atomic mass is 32.1. The molecule has 0 aliphatic heterocycles. The van der Waals surface area contributed by atoms with Crippen molar-refractivity contribution in [2.75, 3.05) is 33.0 Å². The van der Waals surface area contributed by atoms with Crippen LogP contribution in [-0.2, 0) is 9.53 Å². The highest BCUT2D eigenvalue weighted by Crippen LogP contribution is 1.88.